The van der Waals surface area contributed by atoms with Crippen molar-refractivity contribution in [2.45, 2.75) is 76.6 Å². The van der Waals surface area contributed by atoms with E-state index < -0.39 is 5.41 Å². The number of carbonyl (C=O) groups excluding carboxylic acids is 4. The van der Waals surface area contributed by atoms with E-state index in [0.29, 0.717) is 31.3 Å². The molecule has 2 rings (SSSR count). The summed E-state index contributed by atoms with van der Waals surface area (Å²) in [7, 11) is 0. The van der Waals surface area contributed by atoms with E-state index in [-0.39, 0.29) is 42.3 Å². The predicted molar refractivity (Wildman–Crippen MR) is 122 cm³/mol. The Morgan fingerprint density at radius 3 is 2.35 bits per heavy atom. The van der Waals surface area contributed by atoms with Crippen molar-refractivity contribution >= 4 is 35.5 Å². The number of urea groups is 1. The van der Waals surface area contributed by atoms with E-state index in [2.05, 4.69) is 26.6 Å². The summed E-state index contributed by atoms with van der Waals surface area (Å²) in [5.41, 5.74) is -0.428. The molecular formula is C21H37N5O4S. The van der Waals surface area contributed by atoms with Crippen molar-refractivity contribution in [1.82, 2.24) is 26.6 Å². The number of hydrogen-bond acceptors (Lipinski definition) is 5. The number of carbonyl (C=O) groups is 4. The van der Waals surface area contributed by atoms with Gasteiger partial charge < -0.3 is 26.6 Å². The molecule has 0 aromatic rings. The van der Waals surface area contributed by atoms with E-state index in [9.17, 15) is 19.2 Å². The summed E-state index contributed by atoms with van der Waals surface area (Å²) < 4.78 is 0. The zero-order valence-corrected chi connectivity index (χ0v) is 19.7. The third-order valence-corrected chi connectivity index (χ3v) is 7.49. The molecular weight excluding hydrogens is 418 g/mol. The highest BCUT2D eigenvalue weighted by Gasteiger charge is 2.42. The number of rotatable bonds is 13. The predicted octanol–water partition coefficient (Wildman–Crippen LogP) is 0.887. The lowest BCUT2D eigenvalue weighted by atomic mass is 9.89. The lowest BCUT2D eigenvalue weighted by Gasteiger charge is -2.21. The van der Waals surface area contributed by atoms with E-state index in [0.717, 1.165) is 31.4 Å². The fourth-order valence-corrected chi connectivity index (χ4v) is 5.09. The van der Waals surface area contributed by atoms with Crippen molar-refractivity contribution < 1.29 is 19.2 Å². The Hall–Kier alpha value is -1.97. The van der Waals surface area contributed by atoms with Gasteiger partial charge in [0.15, 0.2) is 0 Å². The maximum absolute atomic E-state index is 11.9. The van der Waals surface area contributed by atoms with E-state index in [1.807, 2.05) is 32.5 Å². The average molecular weight is 456 g/mol. The van der Waals surface area contributed by atoms with E-state index in [1.165, 1.54) is 0 Å². The molecule has 5 N–H and O–H groups in total. The molecule has 31 heavy (non-hydrogen) atoms. The highest BCUT2D eigenvalue weighted by molar-refractivity contribution is 8.00. The molecule has 1 unspecified atom stereocenters. The van der Waals surface area contributed by atoms with Crippen LogP contribution in [0.2, 0.25) is 0 Å². The second-order valence-corrected chi connectivity index (χ2v) is 10.1. The van der Waals surface area contributed by atoms with Crippen LogP contribution in [-0.4, -0.2) is 66.5 Å². The fraction of sp³-hybridized carbons (Fsp3) is 0.810. The Balaban J connectivity index is 1.45. The van der Waals surface area contributed by atoms with Crippen LogP contribution in [0.4, 0.5) is 4.79 Å². The largest absolute Gasteiger partial charge is 0.355 e. The molecule has 0 aromatic carbocycles. The second-order valence-electron chi connectivity index (χ2n) is 8.81. The van der Waals surface area contributed by atoms with Gasteiger partial charge in [-0.2, -0.15) is 11.8 Å². The first-order valence-electron chi connectivity index (χ1n) is 11.2. The number of unbranched alkanes of at least 4 members (excludes halogenated alkanes) is 1. The quantitative estimate of drug-likeness (QED) is 0.208. The molecule has 0 bridgehead atoms. The Kier molecular flexibility index (Phi) is 9.93. The minimum absolute atomic E-state index is 0.0175. The number of fused-ring (bicyclic) bond motifs is 1. The minimum atomic E-state index is -0.428. The maximum Gasteiger partial charge on any atom is 0.315 e. The van der Waals surface area contributed by atoms with Gasteiger partial charge in [0.05, 0.1) is 12.1 Å². The average Bonchev–Trinajstić information content (AvgIpc) is 3.27. The van der Waals surface area contributed by atoms with E-state index in [4.69, 9.17) is 0 Å². The van der Waals surface area contributed by atoms with Crippen molar-refractivity contribution in [1.29, 1.82) is 0 Å². The van der Waals surface area contributed by atoms with Crippen LogP contribution in [0.5, 0.6) is 0 Å². The number of hydrogen-bond donors (Lipinski definition) is 5. The van der Waals surface area contributed by atoms with Gasteiger partial charge >= 0.3 is 6.03 Å². The van der Waals surface area contributed by atoms with E-state index >= 15 is 0 Å². The highest BCUT2D eigenvalue weighted by atomic mass is 32.2. The monoisotopic (exact) mass is 455 g/mol. The summed E-state index contributed by atoms with van der Waals surface area (Å²) in [5.74, 6) is 0.732. The Labute approximate surface area is 189 Å². The van der Waals surface area contributed by atoms with Gasteiger partial charge in [0, 0.05) is 48.9 Å². The second kappa shape index (κ2) is 12.2. The molecule has 176 valence electrons. The molecule has 2 saturated heterocycles. The van der Waals surface area contributed by atoms with Crippen LogP contribution >= 0.6 is 11.8 Å². The summed E-state index contributed by atoms with van der Waals surface area (Å²) in [6.45, 7) is 6.77. The normalized spacial score (nSPS) is 22.3. The van der Waals surface area contributed by atoms with Gasteiger partial charge in [0.1, 0.15) is 0 Å². The molecule has 2 aliphatic heterocycles. The van der Waals surface area contributed by atoms with Crippen molar-refractivity contribution in [2.24, 2.45) is 5.41 Å². The van der Waals surface area contributed by atoms with Crippen LogP contribution in [-0.2, 0) is 14.4 Å². The molecule has 2 aliphatic rings. The van der Waals surface area contributed by atoms with Gasteiger partial charge in [0.25, 0.3) is 0 Å². The third kappa shape index (κ3) is 8.23. The SMILES string of the molecule is CCC(C)(C)C(=O)NCCC(=O)NCCNC(=O)CCCCC1SC[C@@H]2NC(=O)N[C@H]12. The highest BCUT2D eigenvalue weighted by Crippen LogP contribution is 2.33. The number of amides is 5. The van der Waals surface area contributed by atoms with Gasteiger partial charge in [0.2, 0.25) is 17.7 Å². The van der Waals surface area contributed by atoms with E-state index in [1.54, 1.807) is 0 Å². The Bertz CT molecular complexity index is 658. The van der Waals surface area contributed by atoms with Gasteiger partial charge in [-0.3, -0.25) is 14.4 Å². The summed E-state index contributed by atoms with van der Waals surface area (Å²) in [4.78, 5) is 47.1. The van der Waals surface area contributed by atoms with Crippen LogP contribution < -0.4 is 26.6 Å². The molecule has 0 radical (unpaired) electrons. The van der Waals surface area contributed by atoms with Crippen LogP contribution in [0, 0.1) is 5.41 Å². The fourth-order valence-electron chi connectivity index (χ4n) is 3.54. The van der Waals surface area contributed by atoms with Crippen molar-refractivity contribution in [3.05, 3.63) is 0 Å². The van der Waals surface area contributed by atoms with Crippen molar-refractivity contribution in [3.8, 4) is 0 Å². The molecule has 0 saturated carbocycles. The van der Waals surface area contributed by atoms with Crippen LogP contribution in [0.3, 0.4) is 0 Å². The standard InChI is InChI=1S/C21H37N5O4S/c1-4-21(2,3)19(29)24-10-9-17(28)23-12-11-22-16(27)8-6-5-7-15-18-14(13-31-15)25-20(30)26-18/h14-15,18H,4-13H2,1-3H3,(H,22,27)(H,23,28)(H,24,29)(H2,25,26,30)/t14-,15?,18-/m0/s1. The van der Waals surface area contributed by atoms with Crippen LogP contribution in [0.15, 0.2) is 0 Å². The minimum Gasteiger partial charge on any atom is -0.355 e. The molecule has 3 atom stereocenters. The van der Waals surface area contributed by atoms with Gasteiger partial charge in [-0.1, -0.05) is 27.2 Å². The zero-order chi connectivity index (χ0) is 22.9. The first-order valence-corrected chi connectivity index (χ1v) is 12.3. The molecule has 0 spiro atoms. The molecule has 2 heterocycles. The maximum atomic E-state index is 11.9. The summed E-state index contributed by atoms with van der Waals surface area (Å²) in [6, 6.07) is 0.374. The first kappa shape index (κ1) is 25.3. The molecule has 0 aliphatic carbocycles. The first-order chi connectivity index (χ1) is 14.7. The Morgan fingerprint density at radius 2 is 1.68 bits per heavy atom. The lowest BCUT2D eigenvalue weighted by molar-refractivity contribution is -0.129. The van der Waals surface area contributed by atoms with Gasteiger partial charge in [-0.25, -0.2) is 4.79 Å². The summed E-state index contributed by atoms with van der Waals surface area (Å²) in [5, 5.41) is 14.7. The third-order valence-electron chi connectivity index (χ3n) is 5.99. The van der Waals surface area contributed by atoms with Gasteiger partial charge in [-0.15, -0.1) is 0 Å². The topological polar surface area (TPSA) is 128 Å². The molecule has 2 fully saturated rings. The number of nitrogens with one attached hydrogen (secondary N) is 5. The van der Waals surface area contributed by atoms with Crippen LogP contribution in [0.25, 0.3) is 0 Å². The smallest absolute Gasteiger partial charge is 0.315 e. The molecule has 10 heteroatoms. The van der Waals surface area contributed by atoms with Gasteiger partial charge in [-0.05, 0) is 19.3 Å². The summed E-state index contributed by atoms with van der Waals surface area (Å²) >= 11 is 1.88. The molecule has 0 aromatic heterocycles. The molecule has 9 nitrogen and oxygen atoms in total. The van der Waals surface area contributed by atoms with Crippen LogP contribution in [0.1, 0.15) is 59.3 Å². The lowest BCUT2D eigenvalue weighted by Crippen LogP contribution is -2.39. The zero-order valence-electron chi connectivity index (χ0n) is 18.8. The van der Waals surface area contributed by atoms with Crippen molar-refractivity contribution in [2.75, 3.05) is 25.4 Å². The summed E-state index contributed by atoms with van der Waals surface area (Å²) in [6.07, 6.45) is 4.16. The molecule has 5 amide bonds. The Morgan fingerprint density at radius 1 is 1.00 bits per heavy atom. The number of thioether (sulfide) groups is 1. The van der Waals surface area contributed by atoms with Crippen molar-refractivity contribution in [3.63, 3.8) is 0 Å².